The summed E-state index contributed by atoms with van der Waals surface area (Å²) in [5, 5.41) is 7.48. The third-order valence-corrected chi connectivity index (χ3v) is 10.2. The smallest absolute Gasteiger partial charge is 0.136 e. The molecule has 182 valence electrons. The fraction of sp³-hybridized carbons (Fsp3) is 0. The molecule has 2 aromatic heterocycles. The third-order valence-electron chi connectivity index (χ3n) is 7.90. The van der Waals surface area contributed by atoms with Crippen molar-refractivity contribution < 1.29 is 4.42 Å². The summed E-state index contributed by atoms with van der Waals surface area (Å²) in [5.41, 5.74) is 7.05. The van der Waals surface area contributed by atoms with Crippen LogP contribution in [0.3, 0.4) is 0 Å². The largest absolute Gasteiger partial charge is 0.456 e. The second kappa shape index (κ2) is 8.09. The van der Waals surface area contributed by atoms with Crippen molar-refractivity contribution >= 4 is 66.6 Å². The minimum absolute atomic E-state index is 0.935. The average molecular weight is 533 g/mol. The molecule has 1 nitrogen and oxygen atoms in total. The zero-order chi connectivity index (χ0) is 25.5. The molecule has 0 atom stereocenters. The van der Waals surface area contributed by atoms with Crippen LogP contribution >= 0.6 is 23.1 Å². The summed E-state index contributed by atoms with van der Waals surface area (Å²) in [5.74, 6) is 0. The molecule has 0 N–H and O–H groups in total. The fourth-order valence-electron chi connectivity index (χ4n) is 6.14. The second-order valence-corrected chi connectivity index (χ2v) is 12.2. The molecule has 3 heteroatoms. The first-order valence-electron chi connectivity index (χ1n) is 13.1. The van der Waals surface area contributed by atoms with Gasteiger partial charge in [-0.2, -0.15) is 0 Å². The molecule has 0 unspecified atom stereocenters. The van der Waals surface area contributed by atoms with Crippen LogP contribution in [-0.4, -0.2) is 0 Å². The lowest BCUT2D eigenvalue weighted by molar-refractivity contribution is 0.669. The normalized spacial score (nSPS) is 12.5. The van der Waals surface area contributed by atoms with Crippen LogP contribution < -0.4 is 0 Å². The van der Waals surface area contributed by atoms with Crippen LogP contribution in [0.25, 0.3) is 75.5 Å². The van der Waals surface area contributed by atoms with Crippen molar-refractivity contribution in [3.63, 3.8) is 0 Å². The van der Waals surface area contributed by atoms with E-state index in [1.807, 2.05) is 23.1 Å². The van der Waals surface area contributed by atoms with Crippen LogP contribution in [0.15, 0.2) is 136 Å². The number of rotatable bonds is 2. The molecule has 0 bridgehead atoms. The highest BCUT2D eigenvalue weighted by molar-refractivity contribution is 7.99. The van der Waals surface area contributed by atoms with E-state index in [1.54, 1.807) is 0 Å². The monoisotopic (exact) mass is 532 g/mol. The predicted molar refractivity (Wildman–Crippen MR) is 167 cm³/mol. The van der Waals surface area contributed by atoms with Gasteiger partial charge in [-0.25, -0.2) is 0 Å². The van der Waals surface area contributed by atoms with Gasteiger partial charge in [0.05, 0.1) is 0 Å². The molecule has 0 fully saturated rings. The van der Waals surface area contributed by atoms with Crippen LogP contribution in [-0.2, 0) is 0 Å². The molecule has 0 amide bonds. The van der Waals surface area contributed by atoms with Crippen LogP contribution in [0.2, 0.25) is 0 Å². The minimum Gasteiger partial charge on any atom is -0.456 e. The van der Waals surface area contributed by atoms with Crippen molar-refractivity contribution in [1.29, 1.82) is 0 Å². The van der Waals surface area contributed by atoms with Crippen molar-refractivity contribution in [2.45, 2.75) is 9.79 Å². The fourth-order valence-corrected chi connectivity index (χ4v) is 8.35. The first-order valence-corrected chi connectivity index (χ1v) is 14.7. The molecule has 39 heavy (non-hydrogen) atoms. The lowest BCUT2D eigenvalue weighted by Gasteiger charge is -2.21. The maximum atomic E-state index is 6.35. The summed E-state index contributed by atoms with van der Waals surface area (Å²) >= 11 is 3.74. The minimum atomic E-state index is 0.935. The average Bonchev–Trinajstić information content (AvgIpc) is 3.61. The van der Waals surface area contributed by atoms with Crippen molar-refractivity contribution in [3.8, 4) is 32.0 Å². The zero-order valence-electron chi connectivity index (χ0n) is 20.8. The highest BCUT2D eigenvalue weighted by Crippen LogP contribution is 2.50. The number of fused-ring (bicyclic) bond motifs is 6. The molecular weight excluding hydrogens is 513 g/mol. The molecule has 9 rings (SSSR count). The van der Waals surface area contributed by atoms with Crippen molar-refractivity contribution in [3.05, 3.63) is 121 Å². The topological polar surface area (TPSA) is 13.1 Å². The van der Waals surface area contributed by atoms with Crippen LogP contribution in [0, 0.1) is 0 Å². The standard InChI is InChI=1S/C36H20OS2/c1-2-8-22-20-30-28(19-21(22)7-1)35-27(12-6-13-29(35)37-30)33-18-17-32(38-33)24-15-16-34-36-25(10-5-11-26(24)36)23-9-3-4-14-31(23)39-34/h1-20H. The summed E-state index contributed by atoms with van der Waals surface area (Å²) in [6, 6.07) is 44.0. The van der Waals surface area contributed by atoms with E-state index in [2.05, 4.69) is 121 Å². The molecule has 6 aromatic carbocycles. The summed E-state index contributed by atoms with van der Waals surface area (Å²) in [7, 11) is 0. The van der Waals surface area contributed by atoms with Gasteiger partial charge in [0.2, 0.25) is 0 Å². The molecule has 3 heterocycles. The molecule has 0 saturated carbocycles. The van der Waals surface area contributed by atoms with Gasteiger partial charge in [0.25, 0.3) is 0 Å². The highest BCUT2D eigenvalue weighted by Gasteiger charge is 2.21. The Morgan fingerprint density at radius 1 is 0.436 bits per heavy atom. The highest BCUT2D eigenvalue weighted by atomic mass is 32.2. The number of benzene rings is 6. The first kappa shape index (κ1) is 21.6. The van der Waals surface area contributed by atoms with E-state index in [-0.39, 0.29) is 0 Å². The van der Waals surface area contributed by atoms with Gasteiger partial charge in [0.15, 0.2) is 0 Å². The Labute approximate surface area is 233 Å². The first-order chi connectivity index (χ1) is 19.3. The van der Waals surface area contributed by atoms with Gasteiger partial charge in [-0.1, -0.05) is 90.6 Å². The van der Waals surface area contributed by atoms with Gasteiger partial charge in [-0.15, -0.1) is 11.3 Å². The van der Waals surface area contributed by atoms with E-state index in [1.165, 1.54) is 74.1 Å². The summed E-state index contributed by atoms with van der Waals surface area (Å²) in [4.78, 5) is 5.21. The van der Waals surface area contributed by atoms with Crippen LogP contribution in [0.5, 0.6) is 0 Å². The Kier molecular flexibility index (Phi) is 4.48. The van der Waals surface area contributed by atoms with E-state index >= 15 is 0 Å². The Morgan fingerprint density at radius 2 is 1.18 bits per heavy atom. The molecule has 1 aliphatic heterocycles. The van der Waals surface area contributed by atoms with E-state index in [4.69, 9.17) is 4.42 Å². The zero-order valence-corrected chi connectivity index (χ0v) is 22.4. The Bertz CT molecular complexity index is 2270. The molecule has 0 aliphatic carbocycles. The van der Waals surface area contributed by atoms with E-state index in [0.29, 0.717) is 0 Å². The molecule has 8 aromatic rings. The van der Waals surface area contributed by atoms with Gasteiger partial charge in [0, 0.05) is 41.3 Å². The van der Waals surface area contributed by atoms with Gasteiger partial charge in [0.1, 0.15) is 11.2 Å². The Morgan fingerprint density at radius 3 is 2.10 bits per heavy atom. The number of hydrogen-bond donors (Lipinski definition) is 0. The van der Waals surface area contributed by atoms with Crippen LogP contribution in [0.4, 0.5) is 0 Å². The Hall–Kier alpha value is -4.31. The van der Waals surface area contributed by atoms with Crippen molar-refractivity contribution in [2.24, 2.45) is 0 Å². The maximum Gasteiger partial charge on any atom is 0.136 e. The lowest BCUT2D eigenvalue weighted by atomic mass is 9.94. The van der Waals surface area contributed by atoms with Gasteiger partial charge in [-0.05, 0) is 75.3 Å². The Balaban J connectivity index is 1.23. The summed E-state index contributed by atoms with van der Waals surface area (Å²) < 4.78 is 6.35. The van der Waals surface area contributed by atoms with Crippen molar-refractivity contribution in [2.75, 3.05) is 0 Å². The second-order valence-electron chi connectivity index (χ2n) is 10.1. The maximum absolute atomic E-state index is 6.35. The van der Waals surface area contributed by atoms with Gasteiger partial charge >= 0.3 is 0 Å². The molecule has 0 radical (unpaired) electrons. The van der Waals surface area contributed by atoms with E-state index in [0.717, 1.165) is 11.2 Å². The van der Waals surface area contributed by atoms with Crippen molar-refractivity contribution in [1.82, 2.24) is 0 Å². The number of hydrogen-bond acceptors (Lipinski definition) is 3. The molecule has 0 saturated heterocycles. The van der Waals surface area contributed by atoms with Gasteiger partial charge < -0.3 is 4.42 Å². The van der Waals surface area contributed by atoms with Gasteiger partial charge in [-0.3, -0.25) is 0 Å². The van der Waals surface area contributed by atoms with Crippen LogP contribution in [0.1, 0.15) is 0 Å². The molecule has 1 aliphatic rings. The van der Waals surface area contributed by atoms with E-state index in [9.17, 15) is 0 Å². The number of furan rings is 1. The quantitative estimate of drug-likeness (QED) is 0.220. The predicted octanol–water partition coefficient (Wildman–Crippen LogP) is 11.4. The molecular formula is C36H20OS2. The lowest BCUT2D eigenvalue weighted by Crippen LogP contribution is -1.93. The summed E-state index contributed by atoms with van der Waals surface area (Å²) in [6.07, 6.45) is 0. The number of thiophene rings is 1. The summed E-state index contributed by atoms with van der Waals surface area (Å²) in [6.45, 7) is 0. The van der Waals surface area contributed by atoms with E-state index < -0.39 is 0 Å². The third kappa shape index (κ3) is 3.15. The molecule has 0 spiro atoms. The SMILES string of the molecule is c1ccc2c(c1)Sc1ccc(-c3ccc(-c4cccc5oc6cc7ccccc7cc6c45)s3)c3cccc-2c13.